The fourth-order valence-electron chi connectivity index (χ4n) is 2.27. The molecule has 0 aliphatic carbocycles. The van der Waals surface area contributed by atoms with E-state index in [-0.39, 0.29) is 35.4 Å². The number of hydrogen-bond acceptors (Lipinski definition) is 3. The second-order valence-corrected chi connectivity index (χ2v) is 6.37. The second kappa shape index (κ2) is 9.14. The number of hydrogen-bond donors (Lipinski definition) is 2. The Kier molecular flexibility index (Phi) is 6.90. The third kappa shape index (κ3) is 5.79. The van der Waals surface area contributed by atoms with Gasteiger partial charge < -0.3 is 15.5 Å². The van der Waals surface area contributed by atoms with E-state index in [2.05, 4.69) is 10.6 Å². The highest BCUT2D eigenvalue weighted by Gasteiger charge is 2.12. The standard InChI is InChI=1S/C19H19ClFN3O3/c1-24(2)19(27)12-4-3-5-14(10-12)23-17(25)8-9-22-18(26)15-7-6-13(21)11-16(15)20/h3-7,10-11H,8-9H2,1-2H3,(H,22,26)(H,23,25). The molecule has 2 rings (SSSR count). The molecule has 0 aliphatic rings. The van der Waals surface area contributed by atoms with E-state index in [9.17, 15) is 18.8 Å². The van der Waals surface area contributed by atoms with E-state index in [0.29, 0.717) is 11.3 Å². The van der Waals surface area contributed by atoms with E-state index >= 15 is 0 Å². The smallest absolute Gasteiger partial charge is 0.253 e. The van der Waals surface area contributed by atoms with Crippen LogP contribution in [0.3, 0.4) is 0 Å². The molecule has 27 heavy (non-hydrogen) atoms. The number of amides is 3. The Labute approximate surface area is 161 Å². The number of nitrogens with zero attached hydrogens (tertiary/aromatic N) is 1. The van der Waals surface area contributed by atoms with Crippen LogP contribution in [0.5, 0.6) is 0 Å². The molecule has 0 heterocycles. The summed E-state index contributed by atoms with van der Waals surface area (Å²) in [6.07, 6.45) is 0.0242. The Bertz CT molecular complexity index is 871. The van der Waals surface area contributed by atoms with Crippen molar-refractivity contribution in [2.45, 2.75) is 6.42 Å². The zero-order valence-corrected chi connectivity index (χ0v) is 15.6. The predicted octanol–water partition coefficient (Wildman–Crippen LogP) is 2.94. The first-order valence-corrected chi connectivity index (χ1v) is 8.50. The lowest BCUT2D eigenvalue weighted by Crippen LogP contribution is -2.28. The van der Waals surface area contributed by atoms with Crippen LogP contribution in [0.25, 0.3) is 0 Å². The maximum atomic E-state index is 13.0. The minimum Gasteiger partial charge on any atom is -0.351 e. The predicted molar refractivity (Wildman–Crippen MR) is 101 cm³/mol. The molecule has 2 aromatic carbocycles. The van der Waals surface area contributed by atoms with Gasteiger partial charge >= 0.3 is 0 Å². The molecule has 0 aliphatic heterocycles. The number of rotatable bonds is 6. The van der Waals surface area contributed by atoms with Crippen molar-refractivity contribution in [2.75, 3.05) is 26.0 Å². The highest BCUT2D eigenvalue weighted by Crippen LogP contribution is 2.17. The van der Waals surface area contributed by atoms with Crippen LogP contribution < -0.4 is 10.6 Å². The average Bonchev–Trinajstić information content (AvgIpc) is 2.61. The molecule has 2 aromatic rings. The topological polar surface area (TPSA) is 78.5 Å². The minimum atomic E-state index is -0.536. The molecule has 0 spiro atoms. The molecule has 0 saturated heterocycles. The van der Waals surface area contributed by atoms with Gasteiger partial charge in [0, 0.05) is 38.3 Å². The molecule has 142 valence electrons. The first kappa shape index (κ1) is 20.4. The van der Waals surface area contributed by atoms with Gasteiger partial charge in [-0.3, -0.25) is 14.4 Å². The maximum Gasteiger partial charge on any atom is 0.253 e. The summed E-state index contributed by atoms with van der Waals surface area (Å²) < 4.78 is 13.0. The third-order valence-electron chi connectivity index (χ3n) is 3.61. The summed E-state index contributed by atoms with van der Waals surface area (Å²) in [7, 11) is 3.29. The number of nitrogens with one attached hydrogen (secondary N) is 2. The van der Waals surface area contributed by atoms with Gasteiger partial charge in [0.25, 0.3) is 11.8 Å². The Morgan fingerprint density at radius 1 is 1.11 bits per heavy atom. The number of carbonyl (C=O) groups is 3. The Hall–Kier alpha value is -2.93. The van der Waals surface area contributed by atoms with E-state index < -0.39 is 11.7 Å². The number of halogens is 2. The number of carbonyl (C=O) groups excluding carboxylic acids is 3. The summed E-state index contributed by atoms with van der Waals surface area (Å²) in [5.41, 5.74) is 1.08. The van der Waals surface area contributed by atoms with E-state index in [1.165, 1.54) is 11.0 Å². The summed E-state index contributed by atoms with van der Waals surface area (Å²) >= 11 is 5.82. The molecule has 0 saturated carbocycles. The molecule has 0 unspecified atom stereocenters. The lowest BCUT2D eigenvalue weighted by molar-refractivity contribution is -0.116. The van der Waals surface area contributed by atoms with Gasteiger partial charge in [0.1, 0.15) is 5.82 Å². The van der Waals surface area contributed by atoms with Crippen molar-refractivity contribution in [3.8, 4) is 0 Å². The van der Waals surface area contributed by atoms with Gasteiger partial charge in [0.15, 0.2) is 0 Å². The summed E-state index contributed by atoms with van der Waals surface area (Å²) in [4.78, 5) is 37.4. The SMILES string of the molecule is CN(C)C(=O)c1cccc(NC(=O)CCNC(=O)c2ccc(F)cc2Cl)c1. The van der Waals surface area contributed by atoms with Gasteiger partial charge in [-0.25, -0.2) is 4.39 Å². The molecular weight excluding hydrogens is 373 g/mol. The summed E-state index contributed by atoms with van der Waals surface area (Å²) in [6, 6.07) is 10.0. The van der Waals surface area contributed by atoms with Crippen molar-refractivity contribution < 1.29 is 18.8 Å². The summed E-state index contributed by atoms with van der Waals surface area (Å²) in [5.74, 6) is -1.53. The minimum absolute atomic E-state index is 0.000624. The van der Waals surface area contributed by atoms with Gasteiger partial charge in [-0.05, 0) is 36.4 Å². The zero-order chi connectivity index (χ0) is 20.0. The van der Waals surface area contributed by atoms with Crippen LogP contribution >= 0.6 is 11.6 Å². The lowest BCUT2D eigenvalue weighted by atomic mass is 10.1. The zero-order valence-electron chi connectivity index (χ0n) is 14.9. The van der Waals surface area contributed by atoms with Crippen molar-refractivity contribution in [1.82, 2.24) is 10.2 Å². The van der Waals surface area contributed by atoms with Crippen LogP contribution in [0, 0.1) is 5.82 Å². The van der Waals surface area contributed by atoms with Crippen LogP contribution in [-0.4, -0.2) is 43.3 Å². The van der Waals surface area contributed by atoms with Gasteiger partial charge in [-0.15, -0.1) is 0 Å². The monoisotopic (exact) mass is 391 g/mol. The van der Waals surface area contributed by atoms with E-state index in [0.717, 1.165) is 12.1 Å². The first-order chi connectivity index (χ1) is 12.8. The van der Waals surface area contributed by atoms with Crippen molar-refractivity contribution >= 4 is 35.0 Å². The summed E-state index contributed by atoms with van der Waals surface area (Å²) in [6.45, 7) is 0.0781. The van der Waals surface area contributed by atoms with Gasteiger partial charge in [0.2, 0.25) is 5.91 Å². The van der Waals surface area contributed by atoms with Crippen molar-refractivity contribution in [3.05, 3.63) is 64.4 Å². The van der Waals surface area contributed by atoms with Gasteiger partial charge in [0.05, 0.1) is 10.6 Å². The highest BCUT2D eigenvalue weighted by molar-refractivity contribution is 6.33. The normalized spacial score (nSPS) is 10.2. The van der Waals surface area contributed by atoms with Crippen LogP contribution in [0.2, 0.25) is 5.02 Å². The third-order valence-corrected chi connectivity index (χ3v) is 3.93. The quantitative estimate of drug-likeness (QED) is 0.794. The van der Waals surface area contributed by atoms with Gasteiger partial charge in [-0.2, -0.15) is 0 Å². The molecule has 8 heteroatoms. The number of anilines is 1. The largest absolute Gasteiger partial charge is 0.351 e. The Balaban J connectivity index is 1.87. The molecule has 3 amide bonds. The second-order valence-electron chi connectivity index (χ2n) is 5.96. The van der Waals surface area contributed by atoms with Crippen molar-refractivity contribution in [3.63, 3.8) is 0 Å². The fourth-order valence-corrected chi connectivity index (χ4v) is 2.52. The molecule has 0 bridgehead atoms. The van der Waals surface area contributed by atoms with E-state index in [1.807, 2.05) is 0 Å². The van der Waals surface area contributed by atoms with E-state index in [1.54, 1.807) is 38.4 Å². The molecule has 0 fully saturated rings. The van der Waals surface area contributed by atoms with Crippen LogP contribution in [0.1, 0.15) is 27.1 Å². The van der Waals surface area contributed by atoms with Crippen LogP contribution in [-0.2, 0) is 4.79 Å². The molecule has 0 aromatic heterocycles. The van der Waals surface area contributed by atoms with Crippen LogP contribution in [0.15, 0.2) is 42.5 Å². The van der Waals surface area contributed by atoms with E-state index in [4.69, 9.17) is 11.6 Å². The maximum absolute atomic E-state index is 13.0. The summed E-state index contributed by atoms with van der Waals surface area (Å²) in [5, 5.41) is 5.22. The first-order valence-electron chi connectivity index (χ1n) is 8.12. The molecule has 2 N–H and O–H groups in total. The number of benzene rings is 2. The Morgan fingerprint density at radius 3 is 2.52 bits per heavy atom. The fraction of sp³-hybridized carbons (Fsp3) is 0.211. The lowest BCUT2D eigenvalue weighted by Gasteiger charge is -2.12. The molecule has 6 nitrogen and oxygen atoms in total. The Morgan fingerprint density at radius 2 is 1.85 bits per heavy atom. The molecule has 0 atom stereocenters. The van der Waals surface area contributed by atoms with Crippen molar-refractivity contribution in [2.24, 2.45) is 0 Å². The molecule has 0 radical (unpaired) electrons. The van der Waals surface area contributed by atoms with Crippen molar-refractivity contribution in [1.29, 1.82) is 0 Å². The molecular formula is C19H19ClFN3O3. The average molecular weight is 392 g/mol. The highest BCUT2D eigenvalue weighted by atomic mass is 35.5. The van der Waals surface area contributed by atoms with Crippen LogP contribution in [0.4, 0.5) is 10.1 Å². The van der Waals surface area contributed by atoms with Gasteiger partial charge in [-0.1, -0.05) is 17.7 Å².